The summed E-state index contributed by atoms with van der Waals surface area (Å²) in [5, 5.41) is 0. The Labute approximate surface area is 138 Å². The van der Waals surface area contributed by atoms with E-state index in [-0.39, 0.29) is 24.0 Å². The average Bonchev–Trinajstić information content (AvgIpc) is 2.58. The first kappa shape index (κ1) is 16.3. The second-order valence-corrected chi connectivity index (χ2v) is 5.68. The average molecular weight is 333 g/mol. The number of hydrogen-bond donors (Lipinski definition) is 0. The van der Waals surface area contributed by atoms with Gasteiger partial charge in [-0.25, -0.2) is 13.8 Å². The van der Waals surface area contributed by atoms with Crippen LogP contribution in [0.15, 0.2) is 36.8 Å². The zero-order valence-electron chi connectivity index (χ0n) is 13.0. The minimum Gasteiger partial charge on any atom is -0.471 e. The molecule has 2 aromatic rings. The van der Waals surface area contributed by atoms with Crippen LogP contribution in [0.2, 0.25) is 0 Å². The summed E-state index contributed by atoms with van der Waals surface area (Å²) in [4.78, 5) is 22.0. The maximum absolute atomic E-state index is 13.7. The van der Waals surface area contributed by atoms with Crippen LogP contribution in [-0.2, 0) is 11.2 Å². The number of aromatic nitrogens is 2. The summed E-state index contributed by atoms with van der Waals surface area (Å²) in [5.41, 5.74) is 0.193. The van der Waals surface area contributed by atoms with Crippen LogP contribution < -0.4 is 4.74 Å². The molecular weight excluding hydrogens is 316 g/mol. The van der Waals surface area contributed by atoms with Gasteiger partial charge in [-0.15, -0.1) is 0 Å². The predicted octanol–water partition coefficient (Wildman–Crippen LogP) is 2.37. The first-order valence-corrected chi connectivity index (χ1v) is 7.76. The highest BCUT2D eigenvalue weighted by Crippen LogP contribution is 2.18. The second kappa shape index (κ2) is 7.33. The molecule has 7 heteroatoms. The number of carbonyl (C=O) groups excluding carboxylic acids is 1. The van der Waals surface area contributed by atoms with Crippen LogP contribution in [-0.4, -0.2) is 40.0 Å². The van der Waals surface area contributed by atoms with Crippen molar-refractivity contribution in [1.29, 1.82) is 0 Å². The first-order valence-electron chi connectivity index (χ1n) is 7.76. The molecule has 0 spiro atoms. The van der Waals surface area contributed by atoms with E-state index >= 15 is 0 Å². The highest BCUT2D eigenvalue weighted by atomic mass is 19.1. The van der Waals surface area contributed by atoms with Gasteiger partial charge in [-0.2, -0.15) is 0 Å². The van der Waals surface area contributed by atoms with Crippen molar-refractivity contribution in [2.75, 3.05) is 13.1 Å². The monoisotopic (exact) mass is 333 g/mol. The van der Waals surface area contributed by atoms with Crippen molar-refractivity contribution in [2.24, 2.45) is 0 Å². The fourth-order valence-corrected chi connectivity index (χ4v) is 2.72. The highest BCUT2D eigenvalue weighted by Gasteiger charge is 2.25. The van der Waals surface area contributed by atoms with Crippen molar-refractivity contribution in [2.45, 2.75) is 25.4 Å². The summed E-state index contributed by atoms with van der Waals surface area (Å²) in [6.45, 7) is 1.01. The van der Waals surface area contributed by atoms with Crippen LogP contribution in [0.25, 0.3) is 0 Å². The Balaban J connectivity index is 1.60. The summed E-state index contributed by atoms with van der Waals surface area (Å²) < 4.78 is 32.4. The molecule has 1 aromatic heterocycles. The number of nitrogens with zero attached hydrogens (tertiary/aromatic N) is 3. The Morgan fingerprint density at radius 2 is 2.21 bits per heavy atom. The molecule has 3 rings (SSSR count). The lowest BCUT2D eigenvalue weighted by molar-refractivity contribution is -0.133. The number of likely N-dealkylation sites (tertiary alicyclic amines) is 1. The van der Waals surface area contributed by atoms with Gasteiger partial charge in [0.15, 0.2) is 0 Å². The molecule has 1 aliphatic heterocycles. The lowest BCUT2D eigenvalue weighted by Crippen LogP contribution is -2.45. The molecule has 0 aliphatic carbocycles. The van der Waals surface area contributed by atoms with E-state index in [2.05, 4.69) is 9.97 Å². The molecule has 0 unspecified atom stereocenters. The van der Waals surface area contributed by atoms with Crippen molar-refractivity contribution in [3.63, 3.8) is 0 Å². The molecule has 0 radical (unpaired) electrons. The molecule has 1 fully saturated rings. The number of amides is 1. The topological polar surface area (TPSA) is 55.3 Å². The van der Waals surface area contributed by atoms with E-state index in [0.717, 1.165) is 25.0 Å². The van der Waals surface area contributed by atoms with Crippen LogP contribution in [0.1, 0.15) is 18.4 Å². The fraction of sp³-hybridized carbons (Fsp3) is 0.353. The van der Waals surface area contributed by atoms with Crippen LogP contribution in [0.4, 0.5) is 8.78 Å². The molecule has 126 valence electrons. The third-order valence-corrected chi connectivity index (χ3v) is 3.91. The Hall–Kier alpha value is -2.57. The van der Waals surface area contributed by atoms with Gasteiger partial charge >= 0.3 is 0 Å². The van der Waals surface area contributed by atoms with Gasteiger partial charge in [-0.3, -0.25) is 9.78 Å². The van der Waals surface area contributed by atoms with Crippen molar-refractivity contribution >= 4 is 5.91 Å². The van der Waals surface area contributed by atoms with Gasteiger partial charge in [0.1, 0.15) is 17.7 Å². The van der Waals surface area contributed by atoms with Crippen molar-refractivity contribution in [3.8, 4) is 5.88 Å². The normalized spacial score (nSPS) is 17.6. The van der Waals surface area contributed by atoms with Crippen LogP contribution in [0.3, 0.4) is 0 Å². The number of piperidine rings is 1. The molecular formula is C17H17F2N3O2. The van der Waals surface area contributed by atoms with E-state index < -0.39 is 11.6 Å². The van der Waals surface area contributed by atoms with Crippen LogP contribution >= 0.6 is 0 Å². The Morgan fingerprint density at radius 3 is 2.96 bits per heavy atom. The lowest BCUT2D eigenvalue weighted by Gasteiger charge is -2.32. The van der Waals surface area contributed by atoms with E-state index in [0.29, 0.717) is 19.0 Å². The van der Waals surface area contributed by atoms with E-state index in [9.17, 15) is 13.6 Å². The summed E-state index contributed by atoms with van der Waals surface area (Å²) in [5.74, 6) is -1.14. The van der Waals surface area contributed by atoms with Crippen molar-refractivity contribution in [3.05, 3.63) is 54.0 Å². The number of hydrogen-bond acceptors (Lipinski definition) is 4. The molecule has 0 N–H and O–H groups in total. The molecule has 1 aromatic carbocycles. The zero-order chi connectivity index (χ0) is 16.9. The van der Waals surface area contributed by atoms with Crippen LogP contribution in [0.5, 0.6) is 5.88 Å². The summed E-state index contributed by atoms with van der Waals surface area (Å²) >= 11 is 0. The summed E-state index contributed by atoms with van der Waals surface area (Å²) in [6, 6.07) is 3.25. The molecule has 1 saturated heterocycles. The van der Waals surface area contributed by atoms with Crippen molar-refractivity contribution in [1.82, 2.24) is 14.9 Å². The minimum atomic E-state index is -0.701. The van der Waals surface area contributed by atoms with Gasteiger partial charge in [-0.05, 0) is 24.5 Å². The molecule has 0 saturated carbocycles. The number of halogens is 2. The fourth-order valence-electron chi connectivity index (χ4n) is 2.72. The van der Waals surface area contributed by atoms with E-state index in [1.807, 2.05) is 0 Å². The molecule has 1 amide bonds. The summed E-state index contributed by atoms with van der Waals surface area (Å²) in [6.07, 6.45) is 5.96. The highest BCUT2D eigenvalue weighted by molar-refractivity contribution is 5.79. The summed E-state index contributed by atoms with van der Waals surface area (Å²) in [7, 11) is 0. The molecule has 5 nitrogen and oxygen atoms in total. The van der Waals surface area contributed by atoms with Gasteiger partial charge in [0.05, 0.1) is 19.2 Å². The molecule has 2 heterocycles. The standard InChI is InChI=1S/C17H17F2N3O2/c18-13-4-3-12(15(19)9-13)8-17(23)22-7-1-2-14(11-22)24-16-10-20-5-6-21-16/h3-6,9-10,14H,1-2,7-8,11H2/t14-/m1/s1. The number of carbonyl (C=O) groups is 1. The number of benzene rings is 1. The molecule has 24 heavy (non-hydrogen) atoms. The number of rotatable bonds is 4. The van der Waals surface area contributed by atoms with Gasteiger partial charge in [0.25, 0.3) is 0 Å². The SMILES string of the molecule is O=C(Cc1ccc(F)cc1F)N1CCC[C@@H](Oc2cnccn2)C1. The molecule has 1 aliphatic rings. The quantitative estimate of drug-likeness (QED) is 0.862. The molecule has 1 atom stereocenters. The lowest BCUT2D eigenvalue weighted by atomic mass is 10.1. The Bertz CT molecular complexity index is 712. The van der Waals surface area contributed by atoms with Crippen molar-refractivity contribution < 1.29 is 18.3 Å². The Kier molecular flexibility index (Phi) is 4.98. The largest absolute Gasteiger partial charge is 0.471 e. The van der Waals surface area contributed by atoms with Gasteiger partial charge in [-0.1, -0.05) is 6.07 Å². The maximum atomic E-state index is 13.7. The third kappa shape index (κ3) is 4.04. The minimum absolute atomic E-state index is 0.0933. The maximum Gasteiger partial charge on any atom is 0.232 e. The zero-order valence-corrected chi connectivity index (χ0v) is 13.0. The Morgan fingerprint density at radius 1 is 1.33 bits per heavy atom. The third-order valence-electron chi connectivity index (χ3n) is 3.91. The van der Waals surface area contributed by atoms with Crippen LogP contribution in [0, 0.1) is 11.6 Å². The van der Waals surface area contributed by atoms with E-state index in [1.54, 1.807) is 17.3 Å². The van der Waals surface area contributed by atoms with Gasteiger partial charge in [0.2, 0.25) is 11.8 Å². The number of ether oxygens (including phenoxy) is 1. The predicted molar refractivity (Wildman–Crippen MR) is 82.3 cm³/mol. The van der Waals surface area contributed by atoms with Gasteiger partial charge in [0, 0.05) is 25.0 Å². The van der Waals surface area contributed by atoms with E-state index in [4.69, 9.17) is 4.74 Å². The van der Waals surface area contributed by atoms with E-state index in [1.165, 1.54) is 12.3 Å². The molecule has 0 bridgehead atoms. The second-order valence-electron chi connectivity index (χ2n) is 5.68. The van der Waals surface area contributed by atoms with Gasteiger partial charge < -0.3 is 9.64 Å². The first-order chi connectivity index (χ1) is 11.6. The smallest absolute Gasteiger partial charge is 0.232 e.